The van der Waals surface area contributed by atoms with Gasteiger partial charge < -0.3 is 4.90 Å². The van der Waals surface area contributed by atoms with E-state index in [9.17, 15) is 9.18 Å². The zero-order valence-corrected chi connectivity index (χ0v) is 14.0. The SMILES string of the molecule is CCc1nc2ccc(F)cc2c(C(=O)N(C)C)c1-c1ccccc1. The first kappa shape index (κ1) is 16.1. The minimum atomic E-state index is -0.375. The van der Waals surface area contributed by atoms with Crippen LogP contribution in [0.4, 0.5) is 4.39 Å². The molecule has 1 heterocycles. The zero-order valence-electron chi connectivity index (χ0n) is 14.0. The molecule has 3 rings (SSSR count). The van der Waals surface area contributed by atoms with Gasteiger partial charge in [-0.1, -0.05) is 37.3 Å². The van der Waals surface area contributed by atoms with Gasteiger partial charge in [0.2, 0.25) is 0 Å². The average molecular weight is 322 g/mol. The second kappa shape index (κ2) is 6.40. The van der Waals surface area contributed by atoms with Gasteiger partial charge in [-0.05, 0) is 30.2 Å². The van der Waals surface area contributed by atoms with E-state index in [4.69, 9.17) is 0 Å². The van der Waals surface area contributed by atoms with Crippen LogP contribution in [0.5, 0.6) is 0 Å². The maximum Gasteiger partial charge on any atom is 0.254 e. The van der Waals surface area contributed by atoms with Gasteiger partial charge >= 0.3 is 0 Å². The highest BCUT2D eigenvalue weighted by atomic mass is 19.1. The van der Waals surface area contributed by atoms with Crippen LogP contribution in [0, 0.1) is 5.82 Å². The molecule has 0 aliphatic rings. The quantitative estimate of drug-likeness (QED) is 0.720. The molecule has 3 aromatic rings. The minimum absolute atomic E-state index is 0.151. The summed E-state index contributed by atoms with van der Waals surface area (Å²) in [6, 6.07) is 14.1. The lowest BCUT2D eigenvalue weighted by molar-refractivity contribution is 0.0830. The summed E-state index contributed by atoms with van der Waals surface area (Å²) in [5.41, 5.74) is 3.68. The third kappa shape index (κ3) is 2.75. The molecular weight excluding hydrogens is 303 g/mol. The van der Waals surface area contributed by atoms with Gasteiger partial charge in [0.15, 0.2) is 0 Å². The lowest BCUT2D eigenvalue weighted by atomic mass is 9.92. The Morgan fingerprint density at radius 3 is 2.46 bits per heavy atom. The van der Waals surface area contributed by atoms with Crippen LogP contribution in [0.25, 0.3) is 22.0 Å². The molecule has 2 aromatic carbocycles. The Hall–Kier alpha value is -2.75. The van der Waals surface area contributed by atoms with Gasteiger partial charge in [0.25, 0.3) is 5.91 Å². The first-order valence-corrected chi connectivity index (χ1v) is 7.92. The smallest absolute Gasteiger partial charge is 0.254 e. The van der Waals surface area contributed by atoms with Crippen LogP contribution in [0.3, 0.4) is 0 Å². The molecule has 0 radical (unpaired) electrons. The Kier molecular flexibility index (Phi) is 4.30. The number of carbonyl (C=O) groups is 1. The third-order valence-corrected chi connectivity index (χ3v) is 4.04. The number of rotatable bonds is 3. The largest absolute Gasteiger partial charge is 0.345 e. The molecule has 3 nitrogen and oxygen atoms in total. The fraction of sp³-hybridized carbons (Fsp3) is 0.200. The summed E-state index contributed by atoms with van der Waals surface area (Å²) in [6.45, 7) is 2.01. The van der Waals surface area contributed by atoms with Gasteiger partial charge in [-0.15, -0.1) is 0 Å². The Bertz CT molecular complexity index is 904. The van der Waals surface area contributed by atoms with Crippen molar-refractivity contribution in [1.29, 1.82) is 0 Å². The molecule has 0 atom stereocenters. The van der Waals surface area contributed by atoms with Crippen LogP contribution in [0.1, 0.15) is 23.0 Å². The van der Waals surface area contributed by atoms with E-state index in [1.807, 2.05) is 37.3 Å². The van der Waals surface area contributed by atoms with Crippen LogP contribution < -0.4 is 0 Å². The van der Waals surface area contributed by atoms with Crippen molar-refractivity contribution in [3.8, 4) is 11.1 Å². The minimum Gasteiger partial charge on any atom is -0.345 e. The number of halogens is 1. The van der Waals surface area contributed by atoms with E-state index >= 15 is 0 Å². The predicted octanol–water partition coefficient (Wildman–Crippen LogP) is 4.31. The summed E-state index contributed by atoms with van der Waals surface area (Å²) in [4.78, 5) is 19.1. The Morgan fingerprint density at radius 1 is 1.12 bits per heavy atom. The monoisotopic (exact) mass is 322 g/mol. The fourth-order valence-electron chi connectivity index (χ4n) is 2.90. The molecule has 0 aliphatic carbocycles. The van der Waals surface area contributed by atoms with Crippen molar-refractivity contribution in [1.82, 2.24) is 9.88 Å². The van der Waals surface area contributed by atoms with Crippen LogP contribution in [0.15, 0.2) is 48.5 Å². The van der Waals surface area contributed by atoms with E-state index in [2.05, 4.69) is 4.98 Å². The predicted molar refractivity (Wildman–Crippen MR) is 94.5 cm³/mol. The number of fused-ring (bicyclic) bond motifs is 1. The van der Waals surface area contributed by atoms with E-state index in [1.54, 1.807) is 20.2 Å². The molecule has 0 saturated carbocycles. The van der Waals surface area contributed by atoms with E-state index in [1.165, 1.54) is 17.0 Å². The van der Waals surface area contributed by atoms with Crippen molar-refractivity contribution in [2.24, 2.45) is 0 Å². The first-order valence-electron chi connectivity index (χ1n) is 7.92. The summed E-state index contributed by atoms with van der Waals surface area (Å²) < 4.78 is 13.8. The number of aryl methyl sites for hydroxylation is 1. The molecule has 0 spiro atoms. The number of hydrogen-bond acceptors (Lipinski definition) is 2. The maximum absolute atomic E-state index is 13.8. The summed E-state index contributed by atoms with van der Waals surface area (Å²) in [5.74, 6) is -0.526. The Morgan fingerprint density at radius 2 is 1.83 bits per heavy atom. The van der Waals surface area contributed by atoms with Crippen LogP contribution in [-0.4, -0.2) is 29.9 Å². The highest BCUT2D eigenvalue weighted by Gasteiger charge is 2.22. The molecule has 0 fully saturated rings. The molecule has 1 amide bonds. The highest BCUT2D eigenvalue weighted by molar-refractivity contribution is 6.11. The van der Waals surface area contributed by atoms with Gasteiger partial charge in [-0.25, -0.2) is 4.39 Å². The highest BCUT2D eigenvalue weighted by Crippen LogP contribution is 2.33. The van der Waals surface area contributed by atoms with Crippen molar-refractivity contribution < 1.29 is 9.18 Å². The Labute approximate surface area is 140 Å². The zero-order chi connectivity index (χ0) is 17.3. The number of pyridine rings is 1. The first-order chi connectivity index (χ1) is 11.5. The number of carbonyl (C=O) groups excluding carboxylic acids is 1. The number of aromatic nitrogens is 1. The average Bonchev–Trinajstić information content (AvgIpc) is 2.60. The maximum atomic E-state index is 13.8. The number of benzene rings is 2. The molecule has 0 saturated heterocycles. The van der Waals surface area contributed by atoms with Gasteiger partial charge in [0, 0.05) is 30.7 Å². The van der Waals surface area contributed by atoms with E-state index in [0.717, 1.165) is 16.8 Å². The van der Waals surface area contributed by atoms with Crippen molar-refractivity contribution in [3.05, 3.63) is 65.6 Å². The number of amides is 1. The van der Waals surface area contributed by atoms with Gasteiger partial charge in [-0.2, -0.15) is 0 Å². The summed E-state index contributed by atoms with van der Waals surface area (Å²) in [7, 11) is 3.41. The molecule has 4 heteroatoms. The second-order valence-electron chi connectivity index (χ2n) is 5.89. The van der Waals surface area contributed by atoms with E-state index in [0.29, 0.717) is 22.9 Å². The normalized spacial score (nSPS) is 10.8. The van der Waals surface area contributed by atoms with Gasteiger partial charge in [-0.3, -0.25) is 9.78 Å². The van der Waals surface area contributed by atoms with Crippen molar-refractivity contribution in [2.75, 3.05) is 14.1 Å². The van der Waals surface area contributed by atoms with Gasteiger partial charge in [0.05, 0.1) is 11.1 Å². The lowest BCUT2D eigenvalue weighted by Crippen LogP contribution is -2.23. The molecule has 122 valence electrons. The molecule has 24 heavy (non-hydrogen) atoms. The number of nitrogens with zero attached hydrogens (tertiary/aromatic N) is 2. The van der Waals surface area contributed by atoms with Crippen molar-refractivity contribution in [2.45, 2.75) is 13.3 Å². The molecule has 0 aliphatic heterocycles. The molecule has 1 aromatic heterocycles. The molecule has 0 unspecified atom stereocenters. The molecular formula is C20H19FN2O. The van der Waals surface area contributed by atoms with Crippen LogP contribution >= 0.6 is 0 Å². The fourth-order valence-corrected chi connectivity index (χ4v) is 2.90. The van der Waals surface area contributed by atoms with Crippen LogP contribution in [-0.2, 0) is 6.42 Å². The Balaban J connectivity index is 2.47. The summed E-state index contributed by atoms with van der Waals surface area (Å²) in [5, 5.41) is 0.546. The number of hydrogen-bond donors (Lipinski definition) is 0. The van der Waals surface area contributed by atoms with E-state index in [-0.39, 0.29) is 11.7 Å². The van der Waals surface area contributed by atoms with Gasteiger partial charge in [0.1, 0.15) is 5.82 Å². The standard InChI is InChI=1S/C20H19FN2O/c1-4-16-18(13-8-6-5-7-9-13)19(20(24)23(2)3)15-12-14(21)10-11-17(15)22-16/h5-12H,4H2,1-3H3. The third-order valence-electron chi connectivity index (χ3n) is 4.04. The van der Waals surface area contributed by atoms with Crippen molar-refractivity contribution in [3.63, 3.8) is 0 Å². The second-order valence-corrected chi connectivity index (χ2v) is 5.89. The lowest BCUT2D eigenvalue weighted by Gasteiger charge is -2.19. The van der Waals surface area contributed by atoms with E-state index < -0.39 is 0 Å². The van der Waals surface area contributed by atoms with Crippen LogP contribution in [0.2, 0.25) is 0 Å². The molecule has 0 bridgehead atoms. The summed E-state index contributed by atoms with van der Waals surface area (Å²) >= 11 is 0. The topological polar surface area (TPSA) is 33.2 Å². The van der Waals surface area contributed by atoms with Crippen molar-refractivity contribution >= 4 is 16.8 Å². The summed E-state index contributed by atoms with van der Waals surface area (Å²) in [6.07, 6.45) is 0.686. The molecule has 0 N–H and O–H groups in total.